The van der Waals surface area contributed by atoms with Crippen LogP contribution in [-0.4, -0.2) is 53.5 Å². The second-order valence-electron chi connectivity index (χ2n) is 6.01. The van der Waals surface area contributed by atoms with Crippen molar-refractivity contribution in [2.24, 2.45) is 0 Å². The summed E-state index contributed by atoms with van der Waals surface area (Å²) in [5.74, 6) is -0.656. The minimum absolute atomic E-state index is 0.118. The van der Waals surface area contributed by atoms with Crippen LogP contribution in [0.1, 0.15) is 25.7 Å². The Balaban J connectivity index is 1.56. The average Bonchev–Trinajstić information content (AvgIpc) is 3.22. The molecule has 7 nitrogen and oxygen atoms in total. The zero-order valence-electron chi connectivity index (χ0n) is 13.3. The molecule has 0 unspecified atom stereocenters. The number of ether oxygens (including phenoxy) is 1. The molecule has 7 heteroatoms. The van der Waals surface area contributed by atoms with Crippen molar-refractivity contribution in [1.82, 2.24) is 4.90 Å². The maximum atomic E-state index is 12.1. The van der Waals surface area contributed by atoms with Gasteiger partial charge in [0.05, 0.1) is 0 Å². The van der Waals surface area contributed by atoms with E-state index in [1.165, 1.54) is 4.90 Å². The number of amides is 2. The highest BCUT2D eigenvalue weighted by Gasteiger charge is 2.33. The number of carbonyl (C=O) groups excluding carboxylic acids is 2. The number of aliphatic carboxylic acids is 1. The zero-order valence-corrected chi connectivity index (χ0v) is 13.3. The first-order chi connectivity index (χ1) is 11.6. The summed E-state index contributed by atoms with van der Waals surface area (Å²) in [5, 5.41) is 9.11. The van der Waals surface area contributed by atoms with E-state index in [-0.39, 0.29) is 18.4 Å². The Morgan fingerprint density at radius 2 is 1.92 bits per heavy atom. The smallest absolute Gasteiger partial charge is 0.326 e. The van der Waals surface area contributed by atoms with E-state index in [9.17, 15) is 14.4 Å². The van der Waals surface area contributed by atoms with Gasteiger partial charge in [-0.15, -0.1) is 0 Å². The Morgan fingerprint density at radius 3 is 2.54 bits per heavy atom. The third-order valence-corrected chi connectivity index (χ3v) is 4.44. The lowest BCUT2D eigenvalue weighted by molar-refractivity contribution is -0.148. The molecule has 1 atom stereocenters. The van der Waals surface area contributed by atoms with E-state index in [0.717, 1.165) is 18.7 Å². The Labute approximate surface area is 139 Å². The first-order valence-corrected chi connectivity index (χ1v) is 8.12. The van der Waals surface area contributed by atoms with Gasteiger partial charge in [0.2, 0.25) is 5.91 Å². The third-order valence-electron chi connectivity index (χ3n) is 4.44. The van der Waals surface area contributed by atoms with Gasteiger partial charge in [-0.3, -0.25) is 9.59 Å². The van der Waals surface area contributed by atoms with Crippen molar-refractivity contribution < 1.29 is 24.2 Å². The molecule has 2 aliphatic heterocycles. The molecule has 2 amide bonds. The predicted molar refractivity (Wildman–Crippen MR) is 85.9 cm³/mol. The molecule has 2 aliphatic rings. The van der Waals surface area contributed by atoms with E-state index in [0.29, 0.717) is 31.6 Å². The van der Waals surface area contributed by atoms with Crippen molar-refractivity contribution in [3.8, 4) is 5.75 Å². The van der Waals surface area contributed by atoms with E-state index < -0.39 is 12.0 Å². The van der Waals surface area contributed by atoms with Crippen molar-refractivity contribution in [1.29, 1.82) is 0 Å². The lowest BCUT2D eigenvalue weighted by Crippen LogP contribution is -2.42. The summed E-state index contributed by atoms with van der Waals surface area (Å²) in [6, 6.07) is 6.27. The highest BCUT2D eigenvalue weighted by atomic mass is 16.5. The predicted octanol–water partition coefficient (Wildman–Crippen LogP) is 1.27. The fourth-order valence-corrected chi connectivity index (χ4v) is 3.19. The van der Waals surface area contributed by atoms with E-state index >= 15 is 0 Å². The highest BCUT2D eigenvalue weighted by Crippen LogP contribution is 2.24. The molecule has 1 aromatic carbocycles. The molecule has 0 radical (unpaired) electrons. The van der Waals surface area contributed by atoms with Crippen molar-refractivity contribution >= 4 is 23.5 Å². The molecule has 0 spiro atoms. The van der Waals surface area contributed by atoms with Crippen LogP contribution in [0.3, 0.4) is 0 Å². The van der Waals surface area contributed by atoms with Crippen LogP contribution in [0.25, 0.3) is 0 Å². The normalized spacial score (nSPS) is 20.5. The lowest BCUT2D eigenvalue weighted by atomic mass is 10.2. The fourth-order valence-electron chi connectivity index (χ4n) is 3.19. The standard InChI is InChI=1S/C17H20N2O5/c20-15-4-2-9-18(15)12-5-7-13(8-6-12)24-11-16(21)19-10-1-3-14(19)17(22)23/h5-8,14H,1-4,9-11H2,(H,22,23)/t14-/m1/s1. The molecule has 1 aromatic rings. The first-order valence-electron chi connectivity index (χ1n) is 8.12. The molecule has 0 aromatic heterocycles. The van der Waals surface area contributed by atoms with E-state index in [1.807, 2.05) is 0 Å². The number of rotatable bonds is 5. The van der Waals surface area contributed by atoms with Gasteiger partial charge >= 0.3 is 5.97 Å². The second kappa shape index (κ2) is 6.90. The molecule has 2 fully saturated rings. The van der Waals surface area contributed by atoms with Crippen LogP contribution in [0, 0.1) is 0 Å². The fraction of sp³-hybridized carbons (Fsp3) is 0.471. The maximum Gasteiger partial charge on any atom is 0.326 e. The molecule has 2 heterocycles. The number of benzene rings is 1. The number of hydrogen-bond donors (Lipinski definition) is 1. The maximum absolute atomic E-state index is 12.1. The third kappa shape index (κ3) is 3.34. The summed E-state index contributed by atoms with van der Waals surface area (Å²) >= 11 is 0. The van der Waals surface area contributed by atoms with Crippen LogP contribution in [0.4, 0.5) is 5.69 Å². The van der Waals surface area contributed by atoms with Crippen LogP contribution in [-0.2, 0) is 14.4 Å². The molecule has 3 rings (SSSR count). The van der Waals surface area contributed by atoms with Crippen molar-refractivity contribution in [2.45, 2.75) is 31.7 Å². The summed E-state index contributed by atoms with van der Waals surface area (Å²) in [7, 11) is 0. The SMILES string of the molecule is O=C(O)[C@H]1CCCN1C(=O)COc1ccc(N2CCCC2=O)cc1. The molecule has 2 saturated heterocycles. The van der Waals surface area contributed by atoms with Gasteiger partial charge in [-0.05, 0) is 43.5 Å². The Morgan fingerprint density at radius 1 is 1.17 bits per heavy atom. The molecular weight excluding hydrogens is 312 g/mol. The lowest BCUT2D eigenvalue weighted by Gasteiger charge is -2.21. The summed E-state index contributed by atoms with van der Waals surface area (Å²) in [6.45, 7) is 0.990. The number of anilines is 1. The Hall–Kier alpha value is -2.57. The van der Waals surface area contributed by atoms with Gasteiger partial charge in [-0.2, -0.15) is 0 Å². The largest absolute Gasteiger partial charge is 0.484 e. The van der Waals surface area contributed by atoms with Gasteiger partial charge in [0.25, 0.3) is 5.91 Å². The van der Waals surface area contributed by atoms with Crippen LogP contribution in [0.2, 0.25) is 0 Å². The van der Waals surface area contributed by atoms with Crippen molar-refractivity contribution in [3.63, 3.8) is 0 Å². The van der Waals surface area contributed by atoms with Gasteiger partial charge in [0.15, 0.2) is 6.61 Å². The topological polar surface area (TPSA) is 87.2 Å². The Kier molecular flexibility index (Phi) is 4.69. The van der Waals surface area contributed by atoms with E-state index in [1.54, 1.807) is 29.2 Å². The number of carboxylic acids is 1. The number of nitrogens with zero attached hydrogens (tertiary/aromatic N) is 2. The average molecular weight is 332 g/mol. The quantitative estimate of drug-likeness (QED) is 0.877. The Bertz CT molecular complexity index is 643. The molecule has 0 aliphatic carbocycles. The molecular formula is C17H20N2O5. The van der Waals surface area contributed by atoms with Crippen LogP contribution in [0.5, 0.6) is 5.75 Å². The van der Waals surface area contributed by atoms with Crippen LogP contribution in [0.15, 0.2) is 24.3 Å². The van der Waals surface area contributed by atoms with Crippen molar-refractivity contribution in [3.05, 3.63) is 24.3 Å². The van der Waals surface area contributed by atoms with Gasteiger partial charge in [-0.25, -0.2) is 4.79 Å². The number of likely N-dealkylation sites (tertiary alicyclic amines) is 1. The monoisotopic (exact) mass is 332 g/mol. The van der Waals surface area contributed by atoms with Gasteiger partial charge in [0, 0.05) is 25.2 Å². The number of hydrogen-bond acceptors (Lipinski definition) is 4. The summed E-state index contributed by atoms with van der Waals surface area (Å²) in [6.07, 6.45) is 2.63. The summed E-state index contributed by atoms with van der Waals surface area (Å²) in [5.41, 5.74) is 0.821. The highest BCUT2D eigenvalue weighted by molar-refractivity contribution is 5.95. The van der Waals surface area contributed by atoms with Crippen LogP contribution < -0.4 is 9.64 Å². The zero-order chi connectivity index (χ0) is 17.1. The molecule has 128 valence electrons. The number of carbonyl (C=O) groups is 3. The summed E-state index contributed by atoms with van der Waals surface area (Å²) in [4.78, 5) is 38.0. The number of carboxylic acid groups (broad SMARTS) is 1. The van der Waals surface area contributed by atoms with E-state index in [4.69, 9.17) is 9.84 Å². The van der Waals surface area contributed by atoms with Gasteiger partial charge < -0.3 is 19.6 Å². The van der Waals surface area contributed by atoms with Crippen LogP contribution >= 0.6 is 0 Å². The minimum atomic E-state index is -0.972. The minimum Gasteiger partial charge on any atom is -0.484 e. The molecule has 0 saturated carbocycles. The van der Waals surface area contributed by atoms with Crippen molar-refractivity contribution in [2.75, 3.05) is 24.6 Å². The van der Waals surface area contributed by atoms with Gasteiger partial charge in [0.1, 0.15) is 11.8 Å². The molecule has 24 heavy (non-hydrogen) atoms. The summed E-state index contributed by atoms with van der Waals surface area (Å²) < 4.78 is 5.47. The molecule has 1 N–H and O–H groups in total. The van der Waals surface area contributed by atoms with Gasteiger partial charge in [-0.1, -0.05) is 0 Å². The molecule has 0 bridgehead atoms. The second-order valence-corrected chi connectivity index (χ2v) is 6.01. The first kappa shape index (κ1) is 16.3. The van der Waals surface area contributed by atoms with E-state index in [2.05, 4.69) is 0 Å².